The van der Waals surface area contributed by atoms with Crippen molar-refractivity contribution in [3.8, 4) is 0 Å². The van der Waals surface area contributed by atoms with Crippen molar-refractivity contribution in [2.45, 2.75) is 6.61 Å². The van der Waals surface area contributed by atoms with Gasteiger partial charge in [0.15, 0.2) is 0 Å². The van der Waals surface area contributed by atoms with Crippen LogP contribution in [0.4, 0.5) is 0 Å². The molecule has 0 atom stereocenters. The Morgan fingerprint density at radius 3 is 2.33 bits per heavy atom. The molecule has 2 N–H and O–H groups in total. The molecule has 1 aromatic rings. The molecule has 0 heterocycles. The molecule has 0 saturated carbocycles. The van der Waals surface area contributed by atoms with Crippen LogP contribution in [0.1, 0.15) is 11.1 Å². The molecule has 15 heavy (non-hydrogen) atoms. The molecule has 0 aromatic heterocycles. The largest absolute Gasteiger partial charge is 0.392 e. The van der Waals surface area contributed by atoms with Crippen molar-refractivity contribution in [3.05, 3.63) is 54.8 Å². The Morgan fingerprint density at radius 1 is 1.33 bits per heavy atom. The maximum absolute atomic E-state index is 9.22. The Kier molecular flexibility index (Phi) is 7.63. The second-order valence-corrected chi connectivity index (χ2v) is 2.55. The summed E-state index contributed by atoms with van der Waals surface area (Å²) in [5.41, 5.74) is 1.93. The molecule has 1 amide bonds. The molecule has 0 unspecified atom stereocenters. The van der Waals surface area contributed by atoms with Gasteiger partial charge in [0.2, 0.25) is 6.41 Å². The first-order valence-electron chi connectivity index (χ1n) is 4.42. The highest BCUT2D eigenvalue weighted by Crippen LogP contribution is 2.08. The third-order valence-corrected chi connectivity index (χ3v) is 1.63. The summed E-state index contributed by atoms with van der Waals surface area (Å²) in [6.45, 7) is 6.92. The van der Waals surface area contributed by atoms with Crippen molar-refractivity contribution in [2.75, 3.05) is 0 Å². The fourth-order valence-electron chi connectivity index (χ4n) is 0.925. The maximum atomic E-state index is 9.22. The zero-order valence-electron chi connectivity index (χ0n) is 8.52. The van der Waals surface area contributed by atoms with Crippen LogP contribution in [0.5, 0.6) is 0 Å². The summed E-state index contributed by atoms with van der Waals surface area (Å²) >= 11 is 0. The van der Waals surface area contributed by atoms with E-state index in [9.17, 15) is 4.79 Å². The van der Waals surface area contributed by atoms with Crippen LogP contribution in [0, 0.1) is 0 Å². The van der Waals surface area contributed by atoms with Gasteiger partial charge in [-0.05, 0) is 17.3 Å². The number of amides is 1. The fourth-order valence-corrected chi connectivity index (χ4v) is 0.925. The molecule has 1 rings (SSSR count). The number of aliphatic hydroxyl groups excluding tert-OH is 1. The predicted molar refractivity (Wildman–Crippen MR) is 61.9 cm³/mol. The van der Waals surface area contributed by atoms with Crippen molar-refractivity contribution >= 4 is 12.5 Å². The van der Waals surface area contributed by atoms with Crippen LogP contribution in [0.3, 0.4) is 0 Å². The topological polar surface area (TPSA) is 49.3 Å². The van der Waals surface area contributed by atoms with E-state index in [1.165, 1.54) is 6.20 Å². The Labute approximate surface area is 89.8 Å². The molecule has 0 radical (unpaired) electrons. The Balaban J connectivity index is 0.000000336. The minimum absolute atomic E-state index is 0.0855. The van der Waals surface area contributed by atoms with Gasteiger partial charge in [0.1, 0.15) is 0 Å². The summed E-state index contributed by atoms with van der Waals surface area (Å²) in [7, 11) is 0. The summed E-state index contributed by atoms with van der Waals surface area (Å²) < 4.78 is 0. The molecule has 0 aliphatic carbocycles. The summed E-state index contributed by atoms with van der Waals surface area (Å²) in [5.74, 6) is 0. The van der Waals surface area contributed by atoms with Gasteiger partial charge >= 0.3 is 0 Å². The van der Waals surface area contributed by atoms with Gasteiger partial charge in [0, 0.05) is 0 Å². The van der Waals surface area contributed by atoms with E-state index in [0.717, 1.165) is 11.1 Å². The van der Waals surface area contributed by atoms with Gasteiger partial charge in [-0.1, -0.05) is 43.5 Å². The van der Waals surface area contributed by atoms with E-state index in [0.29, 0.717) is 6.41 Å². The maximum Gasteiger partial charge on any atom is 0.211 e. The minimum Gasteiger partial charge on any atom is -0.392 e. The molecule has 1 aromatic carbocycles. The first kappa shape index (κ1) is 13.1. The standard InChI is InChI=1S/C9H10O.C3H5NO/c1-2-8-5-3-4-6-9(8)7-10;1-2-4-3-5/h2-6,10H,1,7H2;2-3H,1H2,(H,4,5). The number of carbonyl (C=O) groups is 1. The number of benzene rings is 1. The fraction of sp³-hybridized carbons (Fsp3) is 0.0833. The van der Waals surface area contributed by atoms with Gasteiger partial charge in [-0.15, -0.1) is 0 Å². The van der Waals surface area contributed by atoms with Crippen molar-refractivity contribution in [1.29, 1.82) is 0 Å². The normalized spacial score (nSPS) is 8.07. The van der Waals surface area contributed by atoms with Gasteiger partial charge < -0.3 is 10.4 Å². The number of carbonyl (C=O) groups excluding carboxylic acids is 1. The summed E-state index contributed by atoms with van der Waals surface area (Å²) in [6, 6.07) is 7.64. The molecule has 80 valence electrons. The third kappa shape index (κ3) is 5.44. The average Bonchev–Trinajstić information content (AvgIpc) is 2.31. The summed E-state index contributed by atoms with van der Waals surface area (Å²) in [4.78, 5) is 9.22. The van der Waals surface area contributed by atoms with Gasteiger partial charge in [-0.2, -0.15) is 0 Å². The van der Waals surface area contributed by atoms with Crippen molar-refractivity contribution in [2.24, 2.45) is 0 Å². The zero-order valence-corrected chi connectivity index (χ0v) is 8.52. The number of hydrogen-bond acceptors (Lipinski definition) is 2. The van der Waals surface area contributed by atoms with Crippen LogP contribution in [0.25, 0.3) is 6.08 Å². The lowest BCUT2D eigenvalue weighted by Gasteiger charge is -1.99. The van der Waals surface area contributed by atoms with Crippen LogP contribution in [0.2, 0.25) is 0 Å². The van der Waals surface area contributed by atoms with Crippen LogP contribution in [-0.4, -0.2) is 11.5 Å². The lowest BCUT2D eigenvalue weighted by molar-refractivity contribution is -0.108. The van der Waals surface area contributed by atoms with E-state index in [1.54, 1.807) is 6.08 Å². The lowest BCUT2D eigenvalue weighted by atomic mass is 10.1. The Hall–Kier alpha value is -1.87. The van der Waals surface area contributed by atoms with Crippen molar-refractivity contribution in [1.82, 2.24) is 5.32 Å². The second kappa shape index (κ2) is 8.72. The predicted octanol–water partition coefficient (Wildman–Crippen LogP) is 1.70. The Bertz CT molecular complexity index is 315. The molecule has 0 fully saturated rings. The third-order valence-electron chi connectivity index (χ3n) is 1.63. The van der Waals surface area contributed by atoms with Crippen LogP contribution in [-0.2, 0) is 11.4 Å². The molecule has 0 spiro atoms. The first-order chi connectivity index (χ1) is 7.29. The number of nitrogens with one attached hydrogen (secondary N) is 1. The van der Waals surface area contributed by atoms with Gasteiger partial charge in [-0.25, -0.2) is 0 Å². The number of aliphatic hydroxyl groups is 1. The second-order valence-electron chi connectivity index (χ2n) is 2.55. The van der Waals surface area contributed by atoms with E-state index in [-0.39, 0.29) is 6.61 Å². The number of hydrogen-bond donors (Lipinski definition) is 2. The minimum atomic E-state index is 0.0855. The molecule has 3 heteroatoms. The van der Waals surface area contributed by atoms with E-state index in [2.05, 4.69) is 18.5 Å². The van der Waals surface area contributed by atoms with E-state index < -0.39 is 0 Å². The average molecular weight is 205 g/mol. The highest BCUT2D eigenvalue weighted by molar-refractivity contribution is 5.51. The van der Waals surface area contributed by atoms with Gasteiger partial charge in [0.25, 0.3) is 0 Å². The van der Waals surface area contributed by atoms with Gasteiger partial charge in [-0.3, -0.25) is 4.79 Å². The van der Waals surface area contributed by atoms with Crippen molar-refractivity contribution < 1.29 is 9.90 Å². The highest BCUT2D eigenvalue weighted by atomic mass is 16.3. The molecule has 0 bridgehead atoms. The van der Waals surface area contributed by atoms with Crippen LogP contribution < -0.4 is 5.32 Å². The van der Waals surface area contributed by atoms with E-state index in [1.807, 2.05) is 24.3 Å². The van der Waals surface area contributed by atoms with Crippen molar-refractivity contribution in [3.63, 3.8) is 0 Å². The van der Waals surface area contributed by atoms with Crippen LogP contribution >= 0.6 is 0 Å². The Morgan fingerprint density at radius 2 is 2.00 bits per heavy atom. The first-order valence-corrected chi connectivity index (χ1v) is 4.42. The smallest absolute Gasteiger partial charge is 0.211 e. The van der Waals surface area contributed by atoms with Gasteiger partial charge in [0.05, 0.1) is 6.61 Å². The highest BCUT2D eigenvalue weighted by Gasteiger charge is 1.92. The molecule has 3 nitrogen and oxygen atoms in total. The summed E-state index contributed by atoms with van der Waals surface area (Å²) in [5, 5.41) is 11.0. The van der Waals surface area contributed by atoms with E-state index in [4.69, 9.17) is 5.11 Å². The molecular formula is C12H15NO2. The molecular weight excluding hydrogens is 190 g/mol. The summed E-state index contributed by atoms with van der Waals surface area (Å²) in [6.07, 6.45) is 3.62. The van der Waals surface area contributed by atoms with Crippen LogP contribution in [0.15, 0.2) is 43.6 Å². The number of rotatable bonds is 4. The SMILES string of the molecule is C=CNC=O.C=Cc1ccccc1CO. The molecule has 0 saturated heterocycles. The lowest BCUT2D eigenvalue weighted by Crippen LogP contribution is -1.96. The molecule has 0 aliphatic heterocycles. The molecule has 0 aliphatic rings. The quantitative estimate of drug-likeness (QED) is 0.735. The zero-order chi connectivity index (χ0) is 11.5. The van der Waals surface area contributed by atoms with E-state index >= 15 is 0 Å². The monoisotopic (exact) mass is 205 g/mol.